The van der Waals surface area contributed by atoms with Crippen LogP contribution in [0.2, 0.25) is 0 Å². The summed E-state index contributed by atoms with van der Waals surface area (Å²) >= 11 is 1.47. The fourth-order valence-corrected chi connectivity index (χ4v) is 6.94. The van der Waals surface area contributed by atoms with Crippen LogP contribution in [-0.4, -0.2) is 90.4 Å². The van der Waals surface area contributed by atoms with Crippen LogP contribution in [-0.2, 0) is 21.4 Å². The van der Waals surface area contributed by atoms with Crippen molar-refractivity contribution in [3.05, 3.63) is 16.1 Å². The lowest BCUT2D eigenvalue weighted by atomic mass is 9.88. The molecule has 4 heterocycles. The molecule has 0 aliphatic carbocycles. The van der Waals surface area contributed by atoms with Crippen molar-refractivity contribution >= 4 is 45.6 Å². The third-order valence-corrected chi connectivity index (χ3v) is 8.27. The number of likely N-dealkylation sites (tertiary alicyclic amines) is 1. The molecule has 3 atom stereocenters. The number of hydrogen-bond acceptors (Lipinski definition) is 8. The number of fused-ring (bicyclic) bond motifs is 1. The fourth-order valence-electron chi connectivity index (χ4n) is 4.96. The minimum absolute atomic E-state index is 0. The topological polar surface area (TPSA) is 103 Å². The monoisotopic (exact) mass is 491 g/mol. The van der Waals surface area contributed by atoms with Gasteiger partial charge in [0.2, 0.25) is 15.9 Å². The summed E-state index contributed by atoms with van der Waals surface area (Å²) in [6, 6.07) is -0.916. The molecule has 2 amide bonds. The van der Waals surface area contributed by atoms with Crippen LogP contribution in [0, 0.1) is 11.8 Å². The van der Waals surface area contributed by atoms with E-state index < -0.39 is 33.9 Å². The van der Waals surface area contributed by atoms with Crippen LogP contribution in [0.4, 0.5) is 0 Å². The van der Waals surface area contributed by atoms with Gasteiger partial charge in [0.25, 0.3) is 5.91 Å². The first kappa shape index (κ1) is 24.4. The molecule has 1 aromatic heterocycles. The Morgan fingerprint density at radius 1 is 1.29 bits per heavy atom. The number of carbonyl (C=O) groups excluding carboxylic acids is 2. The number of piperazine rings is 1. The van der Waals surface area contributed by atoms with E-state index in [-0.39, 0.29) is 24.2 Å². The number of nitrogens with one attached hydrogen (secondary N) is 1. The van der Waals surface area contributed by atoms with E-state index in [1.54, 1.807) is 10.3 Å². The van der Waals surface area contributed by atoms with E-state index in [1.807, 2.05) is 13.8 Å². The third-order valence-electron chi connectivity index (χ3n) is 6.27. The minimum Gasteiger partial charge on any atom is -0.331 e. The highest BCUT2D eigenvalue weighted by molar-refractivity contribution is 7.88. The van der Waals surface area contributed by atoms with Crippen molar-refractivity contribution in [2.75, 3.05) is 39.0 Å². The Labute approximate surface area is 193 Å². The summed E-state index contributed by atoms with van der Waals surface area (Å²) in [6.45, 7) is 8.78. The van der Waals surface area contributed by atoms with Gasteiger partial charge in [-0.1, -0.05) is 13.8 Å². The Morgan fingerprint density at radius 2 is 1.97 bits per heavy atom. The summed E-state index contributed by atoms with van der Waals surface area (Å²) in [6.07, 6.45) is 1.54. The Balaban J connectivity index is 0.00000272. The molecule has 0 radical (unpaired) electrons. The van der Waals surface area contributed by atoms with Crippen molar-refractivity contribution in [2.45, 2.75) is 38.9 Å². The lowest BCUT2D eigenvalue weighted by Gasteiger charge is -2.28. The predicted octanol–water partition coefficient (Wildman–Crippen LogP) is 0.627. The Kier molecular flexibility index (Phi) is 7.31. The fraction of sp³-hybridized carbons (Fsp3) is 0.737. The van der Waals surface area contributed by atoms with E-state index in [1.165, 1.54) is 11.3 Å². The maximum absolute atomic E-state index is 13.3. The van der Waals surface area contributed by atoms with Gasteiger partial charge >= 0.3 is 0 Å². The molecule has 9 nitrogen and oxygen atoms in total. The van der Waals surface area contributed by atoms with Crippen LogP contribution in [0.15, 0.2) is 5.38 Å². The predicted molar refractivity (Wildman–Crippen MR) is 121 cm³/mol. The van der Waals surface area contributed by atoms with Crippen LogP contribution in [0.3, 0.4) is 0 Å². The van der Waals surface area contributed by atoms with Gasteiger partial charge in [-0.2, -0.15) is 0 Å². The molecule has 0 unspecified atom stereocenters. The number of carbonyl (C=O) groups is 2. The number of amides is 2. The summed E-state index contributed by atoms with van der Waals surface area (Å²) in [4.78, 5) is 34.8. The van der Waals surface area contributed by atoms with E-state index >= 15 is 0 Å². The second kappa shape index (κ2) is 9.30. The normalized spacial score (nSPS) is 27.0. The molecule has 3 aliphatic rings. The molecular formula is C19H30ClN5O4S2. The van der Waals surface area contributed by atoms with Gasteiger partial charge in [-0.15, -0.1) is 23.7 Å². The van der Waals surface area contributed by atoms with E-state index in [4.69, 9.17) is 0 Å². The van der Waals surface area contributed by atoms with Crippen molar-refractivity contribution in [3.63, 3.8) is 0 Å². The lowest BCUT2D eigenvalue weighted by molar-refractivity contribution is -0.129. The number of halogens is 1. The van der Waals surface area contributed by atoms with Crippen LogP contribution in [0.5, 0.6) is 0 Å². The van der Waals surface area contributed by atoms with Crippen molar-refractivity contribution < 1.29 is 18.0 Å². The largest absolute Gasteiger partial charge is 0.331 e. The van der Waals surface area contributed by atoms with Gasteiger partial charge in [-0.05, 0) is 12.3 Å². The molecule has 3 aliphatic heterocycles. The van der Waals surface area contributed by atoms with Gasteiger partial charge < -0.3 is 10.2 Å². The first-order valence-corrected chi connectivity index (χ1v) is 13.1. The molecule has 3 fully saturated rings. The Morgan fingerprint density at radius 3 is 2.58 bits per heavy atom. The van der Waals surface area contributed by atoms with Crippen molar-refractivity contribution in [1.82, 2.24) is 24.4 Å². The molecule has 0 bridgehead atoms. The molecule has 12 heteroatoms. The quantitative estimate of drug-likeness (QED) is 0.644. The van der Waals surface area contributed by atoms with Crippen LogP contribution >= 0.6 is 23.7 Å². The smallest absolute Gasteiger partial charge is 0.273 e. The Bertz CT molecular complexity index is 931. The zero-order valence-electron chi connectivity index (χ0n) is 18.0. The highest BCUT2D eigenvalue weighted by Crippen LogP contribution is 2.41. The molecular weight excluding hydrogens is 462 g/mol. The zero-order chi connectivity index (χ0) is 21.6. The molecule has 31 heavy (non-hydrogen) atoms. The average molecular weight is 492 g/mol. The van der Waals surface area contributed by atoms with Gasteiger partial charge in [0, 0.05) is 38.1 Å². The van der Waals surface area contributed by atoms with Gasteiger partial charge in [-0.25, -0.2) is 17.7 Å². The Hall–Kier alpha value is -1.27. The third kappa shape index (κ3) is 4.61. The first-order chi connectivity index (χ1) is 14.2. The van der Waals surface area contributed by atoms with Gasteiger partial charge in [0.05, 0.1) is 30.8 Å². The van der Waals surface area contributed by atoms with E-state index in [0.29, 0.717) is 18.7 Å². The maximum atomic E-state index is 13.3. The lowest BCUT2D eigenvalue weighted by Crippen LogP contribution is -2.44. The zero-order valence-corrected chi connectivity index (χ0v) is 20.4. The summed E-state index contributed by atoms with van der Waals surface area (Å²) in [5.74, 6) is -1.18. The standard InChI is InChI=1S/C19H29N5O4S2.ClH/c1-12(2)16-17-14(24(19(16)26)30(3,27)28)4-7-23(17)18(25)13-11-29-15(21-13)10-22-8-5-20-6-9-22;/h11-12,14,16-17,20H,4-10H2,1-3H3;1H/t14-,16+,17-;/m1./s1. The maximum Gasteiger partial charge on any atom is 0.273 e. The molecule has 0 saturated carbocycles. The summed E-state index contributed by atoms with van der Waals surface area (Å²) in [5.41, 5.74) is 0.388. The molecule has 174 valence electrons. The SMILES string of the molecule is CC(C)[C@@H]1C(=O)N(S(C)(=O)=O)[C@@H]2CCN(C(=O)c3csc(CN4CCNCC4)n3)[C@H]21.Cl. The van der Waals surface area contributed by atoms with Crippen LogP contribution in [0.1, 0.15) is 35.8 Å². The van der Waals surface area contributed by atoms with E-state index in [9.17, 15) is 18.0 Å². The summed E-state index contributed by atoms with van der Waals surface area (Å²) in [7, 11) is -3.68. The van der Waals surface area contributed by atoms with Crippen LogP contribution < -0.4 is 5.32 Å². The van der Waals surface area contributed by atoms with Gasteiger partial charge in [0.1, 0.15) is 10.7 Å². The molecule has 1 aromatic rings. The molecule has 0 aromatic carbocycles. The van der Waals surface area contributed by atoms with E-state index in [0.717, 1.165) is 48.3 Å². The highest BCUT2D eigenvalue weighted by atomic mass is 35.5. The highest BCUT2D eigenvalue weighted by Gasteiger charge is 2.58. The average Bonchev–Trinajstić information content (AvgIpc) is 3.35. The number of hydrogen-bond donors (Lipinski definition) is 1. The van der Waals surface area contributed by atoms with Gasteiger partial charge in [0.15, 0.2) is 0 Å². The van der Waals surface area contributed by atoms with Crippen molar-refractivity contribution in [2.24, 2.45) is 11.8 Å². The number of nitrogens with zero attached hydrogens (tertiary/aromatic N) is 4. The second-order valence-electron chi connectivity index (χ2n) is 8.66. The summed E-state index contributed by atoms with van der Waals surface area (Å²) in [5, 5.41) is 6.00. The van der Waals surface area contributed by atoms with Gasteiger partial charge in [-0.3, -0.25) is 14.5 Å². The molecule has 1 N–H and O–H groups in total. The molecule has 0 spiro atoms. The van der Waals surface area contributed by atoms with Crippen molar-refractivity contribution in [1.29, 1.82) is 0 Å². The van der Waals surface area contributed by atoms with Crippen LogP contribution in [0.25, 0.3) is 0 Å². The van der Waals surface area contributed by atoms with Crippen molar-refractivity contribution in [3.8, 4) is 0 Å². The molecule has 3 saturated heterocycles. The second-order valence-corrected chi connectivity index (χ2v) is 11.5. The number of aromatic nitrogens is 1. The number of thiazole rings is 1. The number of rotatable bonds is 5. The summed E-state index contributed by atoms with van der Waals surface area (Å²) < 4.78 is 25.6. The first-order valence-electron chi connectivity index (χ1n) is 10.4. The molecule has 4 rings (SSSR count). The minimum atomic E-state index is -3.68. The van der Waals surface area contributed by atoms with E-state index in [2.05, 4.69) is 15.2 Å². The number of sulfonamides is 1.